The highest BCUT2D eigenvalue weighted by Gasteiger charge is 2.38. The van der Waals surface area contributed by atoms with Crippen LogP contribution >= 0.6 is 11.8 Å². The Balaban J connectivity index is 1.69. The number of rotatable bonds is 9. The summed E-state index contributed by atoms with van der Waals surface area (Å²) in [7, 11) is 0. The van der Waals surface area contributed by atoms with E-state index in [-0.39, 0.29) is 28.8 Å². The number of fused-ring (bicyclic) bond motifs is 3. The maximum absolute atomic E-state index is 13.7. The molecule has 0 spiro atoms. The average molecular weight is 454 g/mol. The third-order valence-electron chi connectivity index (χ3n) is 5.53. The topological polar surface area (TPSA) is 59.3 Å². The van der Waals surface area contributed by atoms with Gasteiger partial charge in [0, 0.05) is 24.1 Å². The molecular weight excluding hydrogens is 425 g/mol. The Labute approximate surface area is 184 Å². The molecule has 0 aliphatic heterocycles. The van der Waals surface area contributed by atoms with E-state index in [2.05, 4.69) is 29.1 Å². The van der Waals surface area contributed by atoms with Crippen molar-refractivity contribution in [1.29, 1.82) is 0 Å². The van der Waals surface area contributed by atoms with E-state index < -0.39 is 11.9 Å². The predicted octanol–water partition coefficient (Wildman–Crippen LogP) is 2.78. The number of nitrogens with one attached hydrogen (secondary N) is 2. The van der Waals surface area contributed by atoms with Crippen LogP contribution in [-0.2, 0) is 23.8 Å². The lowest BCUT2D eigenvalue weighted by atomic mass is 9.88. The van der Waals surface area contributed by atoms with Crippen LogP contribution in [0.4, 0.5) is 13.2 Å². The monoisotopic (exact) mass is 453 g/mol. The molecule has 1 aliphatic rings. The van der Waals surface area contributed by atoms with Crippen molar-refractivity contribution in [2.24, 2.45) is 0 Å². The first-order chi connectivity index (χ1) is 14.8. The molecule has 0 unspecified atom stereocenters. The minimum atomic E-state index is -4.57. The van der Waals surface area contributed by atoms with Gasteiger partial charge in [-0.15, -0.1) is 0 Å². The molecule has 1 heterocycles. The smallest absolute Gasteiger partial charge is 0.355 e. The Morgan fingerprint density at radius 1 is 1.16 bits per heavy atom. The summed E-state index contributed by atoms with van der Waals surface area (Å²) < 4.78 is 41.0. The molecule has 9 heteroatoms. The van der Waals surface area contributed by atoms with Gasteiger partial charge in [0.25, 0.3) is 0 Å². The number of benzene rings is 1. The Morgan fingerprint density at radius 3 is 2.61 bits per heavy atom. The van der Waals surface area contributed by atoms with Gasteiger partial charge in [0.05, 0.1) is 31.1 Å². The van der Waals surface area contributed by atoms with Crippen LogP contribution in [0.3, 0.4) is 0 Å². The Bertz CT molecular complexity index is 916. The first-order valence-electron chi connectivity index (χ1n) is 10.6. The van der Waals surface area contributed by atoms with E-state index in [9.17, 15) is 18.0 Å². The largest absolute Gasteiger partial charge is 0.433 e. The number of hydrogen-bond acceptors (Lipinski definition) is 4. The van der Waals surface area contributed by atoms with E-state index in [1.807, 2.05) is 12.1 Å². The van der Waals surface area contributed by atoms with Crippen LogP contribution in [0, 0.1) is 0 Å². The van der Waals surface area contributed by atoms with E-state index >= 15 is 0 Å². The van der Waals surface area contributed by atoms with Crippen molar-refractivity contribution in [3.63, 3.8) is 0 Å². The van der Waals surface area contributed by atoms with Crippen molar-refractivity contribution in [1.82, 2.24) is 15.3 Å². The lowest BCUT2D eigenvalue weighted by Crippen LogP contribution is -3.11. The highest BCUT2D eigenvalue weighted by Crippen LogP contribution is 2.40. The van der Waals surface area contributed by atoms with E-state index in [0.717, 1.165) is 43.4 Å². The number of thioether (sulfide) groups is 1. The number of aromatic nitrogens is 2. The van der Waals surface area contributed by atoms with Gasteiger partial charge < -0.3 is 10.2 Å². The third-order valence-corrected chi connectivity index (χ3v) is 6.38. The first-order valence-corrected chi connectivity index (χ1v) is 11.6. The second-order valence-electron chi connectivity index (χ2n) is 7.54. The molecule has 0 saturated heterocycles. The van der Waals surface area contributed by atoms with Gasteiger partial charge in [-0.25, -0.2) is 9.97 Å². The minimum absolute atomic E-state index is 0.0180. The van der Waals surface area contributed by atoms with Crippen LogP contribution < -0.4 is 10.2 Å². The summed E-state index contributed by atoms with van der Waals surface area (Å²) >= 11 is 0.940. The molecule has 3 rings (SSSR count). The maximum Gasteiger partial charge on any atom is 0.433 e. The number of quaternary nitrogens is 1. The molecule has 0 fully saturated rings. The van der Waals surface area contributed by atoms with Crippen molar-refractivity contribution in [2.45, 2.75) is 44.4 Å². The van der Waals surface area contributed by atoms with Gasteiger partial charge in [0.15, 0.2) is 10.9 Å². The van der Waals surface area contributed by atoms with Gasteiger partial charge in [0.1, 0.15) is 0 Å². The summed E-state index contributed by atoms with van der Waals surface area (Å²) in [6.07, 6.45) is -2.93. The quantitative estimate of drug-likeness (QED) is 0.348. The molecular formula is C22H28F3N4OS+. The highest BCUT2D eigenvalue weighted by atomic mass is 32.2. The van der Waals surface area contributed by atoms with Gasteiger partial charge in [0.2, 0.25) is 5.91 Å². The van der Waals surface area contributed by atoms with Crippen LogP contribution in [0.1, 0.15) is 37.1 Å². The zero-order chi connectivity index (χ0) is 22.4. The Hall–Kier alpha value is -2.13. The average Bonchev–Trinajstić information content (AvgIpc) is 2.76. The summed E-state index contributed by atoms with van der Waals surface area (Å²) in [6.45, 7) is 7.86. The number of hydrogen-bond donors (Lipinski definition) is 2. The van der Waals surface area contributed by atoms with E-state index in [1.165, 1.54) is 4.90 Å². The highest BCUT2D eigenvalue weighted by molar-refractivity contribution is 7.99. The van der Waals surface area contributed by atoms with Gasteiger partial charge in [-0.3, -0.25) is 4.79 Å². The SMILES string of the molecule is CC[NH+](CC)CCCNC(=O)CSc1nc2c(c(C(F)(F)F)n1)CCc1ccccc1-2. The molecule has 1 aromatic carbocycles. The fraction of sp³-hybridized carbons (Fsp3) is 0.500. The molecule has 1 amide bonds. The maximum atomic E-state index is 13.7. The number of amides is 1. The molecule has 2 aromatic rings. The number of carbonyl (C=O) groups is 1. The number of carbonyl (C=O) groups excluding carboxylic acids is 1. The van der Waals surface area contributed by atoms with E-state index in [0.29, 0.717) is 24.2 Å². The fourth-order valence-corrected chi connectivity index (χ4v) is 4.48. The summed E-state index contributed by atoms with van der Waals surface area (Å²) in [5.41, 5.74) is 1.26. The third kappa shape index (κ3) is 5.98. The van der Waals surface area contributed by atoms with Crippen molar-refractivity contribution in [3.8, 4) is 11.3 Å². The molecule has 168 valence electrons. The van der Waals surface area contributed by atoms with Crippen molar-refractivity contribution >= 4 is 17.7 Å². The predicted molar refractivity (Wildman–Crippen MR) is 115 cm³/mol. The molecule has 2 N–H and O–H groups in total. The summed E-state index contributed by atoms with van der Waals surface area (Å²) in [5, 5.41) is 2.81. The number of alkyl halides is 3. The zero-order valence-electron chi connectivity index (χ0n) is 17.8. The molecule has 0 radical (unpaired) electrons. The standard InChI is InChI=1S/C22H27F3N4OS/c1-3-29(4-2)13-7-12-26-18(30)14-31-21-27-19-16-9-6-5-8-15(16)10-11-17(19)20(28-21)22(23,24)25/h5-6,8-9H,3-4,7,10-14H2,1-2H3,(H,26,30)/p+1. The lowest BCUT2D eigenvalue weighted by Gasteiger charge is -2.22. The number of nitrogens with zero attached hydrogens (tertiary/aromatic N) is 2. The molecule has 0 atom stereocenters. The van der Waals surface area contributed by atoms with Gasteiger partial charge in [-0.1, -0.05) is 36.0 Å². The molecule has 0 bridgehead atoms. The first kappa shape index (κ1) is 23.5. The zero-order valence-corrected chi connectivity index (χ0v) is 18.6. The lowest BCUT2D eigenvalue weighted by molar-refractivity contribution is -0.896. The van der Waals surface area contributed by atoms with Crippen molar-refractivity contribution < 1.29 is 22.9 Å². The van der Waals surface area contributed by atoms with Gasteiger partial charge in [-0.2, -0.15) is 13.2 Å². The second kappa shape index (κ2) is 10.5. The van der Waals surface area contributed by atoms with Gasteiger partial charge in [-0.05, 0) is 32.3 Å². The van der Waals surface area contributed by atoms with Crippen molar-refractivity contribution in [3.05, 3.63) is 41.1 Å². The minimum Gasteiger partial charge on any atom is -0.355 e. The van der Waals surface area contributed by atoms with Crippen molar-refractivity contribution in [2.75, 3.05) is 31.9 Å². The molecule has 1 aromatic heterocycles. The number of halogens is 3. The molecule has 1 aliphatic carbocycles. The fourth-order valence-electron chi connectivity index (χ4n) is 3.80. The van der Waals surface area contributed by atoms with E-state index in [4.69, 9.17) is 0 Å². The molecule has 5 nitrogen and oxygen atoms in total. The summed E-state index contributed by atoms with van der Waals surface area (Å²) in [4.78, 5) is 21.8. The molecule has 31 heavy (non-hydrogen) atoms. The Kier molecular flexibility index (Phi) is 7.94. The Morgan fingerprint density at radius 2 is 1.90 bits per heavy atom. The van der Waals surface area contributed by atoms with Crippen LogP contribution in [0.2, 0.25) is 0 Å². The van der Waals surface area contributed by atoms with Crippen LogP contribution in [0.5, 0.6) is 0 Å². The van der Waals surface area contributed by atoms with Crippen LogP contribution in [0.15, 0.2) is 29.4 Å². The van der Waals surface area contributed by atoms with E-state index in [1.54, 1.807) is 12.1 Å². The van der Waals surface area contributed by atoms with Gasteiger partial charge >= 0.3 is 6.18 Å². The summed E-state index contributed by atoms with van der Waals surface area (Å²) in [5.74, 6) is -0.245. The second-order valence-corrected chi connectivity index (χ2v) is 8.48. The number of aryl methyl sites for hydroxylation is 1. The van der Waals surface area contributed by atoms with Crippen LogP contribution in [0.25, 0.3) is 11.3 Å². The normalized spacial score (nSPS) is 13.1. The summed E-state index contributed by atoms with van der Waals surface area (Å²) in [6, 6.07) is 7.37. The molecule has 0 saturated carbocycles. The van der Waals surface area contributed by atoms with Crippen LogP contribution in [-0.4, -0.2) is 47.8 Å².